The predicted molar refractivity (Wildman–Crippen MR) is 162 cm³/mol. The lowest BCUT2D eigenvalue weighted by Gasteiger charge is -2.17. The molecule has 2 N–H and O–H groups in total. The van der Waals surface area contributed by atoms with E-state index >= 15 is 0 Å². The van der Waals surface area contributed by atoms with E-state index in [1.807, 2.05) is 79.0 Å². The Morgan fingerprint density at radius 2 is 1.45 bits per heavy atom. The molecular weight excluding hydrogens is 532 g/mol. The van der Waals surface area contributed by atoms with Crippen LogP contribution >= 0.6 is 0 Å². The van der Waals surface area contributed by atoms with Crippen molar-refractivity contribution in [2.75, 3.05) is 21.3 Å². The first kappa shape index (κ1) is 26.9. The van der Waals surface area contributed by atoms with E-state index in [1.165, 1.54) is 14.2 Å². The number of aromatic amines is 1. The average molecular weight is 563 g/mol. The van der Waals surface area contributed by atoms with Gasteiger partial charge in [0.05, 0.1) is 54.0 Å². The third-order valence-electron chi connectivity index (χ3n) is 7.44. The Kier molecular flexibility index (Phi) is 7.26. The van der Waals surface area contributed by atoms with Crippen molar-refractivity contribution in [2.45, 2.75) is 25.7 Å². The van der Waals surface area contributed by atoms with Crippen LogP contribution in [0.3, 0.4) is 0 Å². The standard InChI is InChI=1S/C32H30N6O4/c1-38-17-16-33-32(38)31-27-12-10-25(36-27)21(6-14-29(39)41-2)23-8-4-19(34-23)18-20-5-9-24(35-20)22(7-15-30(40)42-3)26-11-13-28(31)37-26/h4-5,8-13,16-18,33-34H,6-7,14-15H2,1-3H3/b20-18?,25-21?,26-22?,32-31-. The molecule has 0 amide bonds. The van der Waals surface area contributed by atoms with E-state index in [1.54, 1.807) is 0 Å². The van der Waals surface area contributed by atoms with Gasteiger partial charge in [0.15, 0.2) is 0 Å². The first-order valence-corrected chi connectivity index (χ1v) is 13.7. The monoisotopic (exact) mass is 562 g/mol. The number of carbonyl (C=O) groups is 2. The molecule has 6 heterocycles. The normalized spacial score (nSPS) is 20.2. The third kappa shape index (κ3) is 5.26. The summed E-state index contributed by atoms with van der Waals surface area (Å²) < 4.78 is 9.83. The minimum Gasteiger partial charge on any atom is -0.469 e. The van der Waals surface area contributed by atoms with E-state index in [2.05, 4.69) is 10.3 Å². The smallest absolute Gasteiger partial charge is 0.305 e. The van der Waals surface area contributed by atoms with Gasteiger partial charge in [-0.3, -0.25) is 9.59 Å². The minimum absolute atomic E-state index is 0.208. The number of carbonyl (C=O) groups excluding carboxylic acids is 2. The summed E-state index contributed by atoms with van der Waals surface area (Å²) in [6.45, 7) is 0. The lowest BCUT2D eigenvalue weighted by Crippen LogP contribution is -2.23. The quantitative estimate of drug-likeness (QED) is 0.493. The van der Waals surface area contributed by atoms with E-state index in [0.717, 1.165) is 68.2 Å². The van der Waals surface area contributed by atoms with Crippen LogP contribution in [0.4, 0.5) is 0 Å². The number of hydrogen-bond acceptors (Lipinski definition) is 9. The van der Waals surface area contributed by atoms with Crippen LogP contribution in [0, 0.1) is 0 Å². The van der Waals surface area contributed by atoms with Crippen molar-refractivity contribution >= 4 is 40.7 Å². The number of fused-ring (bicyclic) bond motifs is 5. The fourth-order valence-corrected chi connectivity index (χ4v) is 5.27. The van der Waals surface area contributed by atoms with Crippen molar-refractivity contribution in [2.24, 2.45) is 15.0 Å². The molecule has 0 atom stereocenters. The molecule has 0 unspecified atom stereocenters. The predicted octanol–water partition coefficient (Wildman–Crippen LogP) is 4.49. The maximum absolute atomic E-state index is 12.1. The summed E-state index contributed by atoms with van der Waals surface area (Å²) in [6, 6.07) is 3.97. The van der Waals surface area contributed by atoms with Crippen LogP contribution in [0.5, 0.6) is 0 Å². The molecule has 0 spiro atoms. The van der Waals surface area contributed by atoms with E-state index in [-0.39, 0.29) is 24.8 Å². The number of H-pyrrole nitrogens is 1. The van der Waals surface area contributed by atoms with Gasteiger partial charge in [-0.1, -0.05) is 0 Å². The minimum atomic E-state index is -0.294. The molecule has 0 aromatic carbocycles. The number of hydrogen-bond donors (Lipinski definition) is 2. The summed E-state index contributed by atoms with van der Waals surface area (Å²) in [4.78, 5) is 44.6. The summed E-state index contributed by atoms with van der Waals surface area (Å²) in [6.07, 6.45) is 18.8. The Bertz CT molecular complexity index is 1720. The summed E-state index contributed by atoms with van der Waals surface area (Å²) in [5.74, 6) is 0.256. The zero-order valence-corrected chi connectivity index (χ0v) is 23.6. The Labute approximate surface area is 243 Å². The van der Waals surface area contributed by atoms with Gasteiger partial charge >= 0.3 is 11.9 Å². The van der Waals surface area contributed by atoms with Gasteiger partial charge in [0.2, 0.25) is 0 Å². The van der Waals surface area contributed by atoms with Gasteiger partial charge in [0, 0.05) is 54.8 Å². The molecule has 6 rings (SSSR count). The van der Waals surface area contributed by atoms with E-state index in [0.29, 0.717) is 12.8 Å². The van der Waals surface area contributed by atoms with Gasteiger partial charge in [-0.05, 0) is 67.5 Å². The number of rotatable bonds is 6. The Balaban J connectivity index is 1.55. The summed E-state index contributed by atoms with van der Waals surface area (Å²) in [5, 5.41) is 3.33. The van der Waals surface area contributed by atoms with Crippen molar-refractivity contribution in [1.29, 1.82) is 0 Å². The second-order valence-corrected chi connectivity index (χ2v) is 10.1. The molecule has 5 aliphatic heterocycles. The van der Waals surface area contributed by atoms with Gasteiger partial charge in [-0.25, -0.2) is 15.0 Å². The molecule has 5 aliphatic rings. The third-order valence-corrected chi connectivity index (χ3v) is 7.44. The highest BCUT2D eigenvalue weighted by Gasteiger charge is 2.27. The van der Waals surface area contributed by atoms with Gasteiger partial charge in [0.25, 0.3) is 0 Å². The fraction of sp³-hybridized carbons (Fsp3) is 0.219. The maximum atomic E-state index is 12.1. The SMILES string of the molecule is COC(=O)CCC1=C2C=CC(=N2)/C(=C2/NC=CN2C)C2=NC(=C(CCC(=O)OC)c3ccc([nH]3)C=C3C=CC1=N3)C=C2. The van der Waals surface area contributed by atoms with Crippen molar-refractivity contribution in [3.8, 4) is 0 Å². The molecule has 0 saturated heterocycles. The first-order valence-electron chi connectivity index (χ1n) is 13.7. The Morgan fingerprint density at radius 3 is 2.10 bits per heavy atom. The van der Waals surface area contributed by atoms with Crippen LogP contribution in [0.1, 0.15) is 37.1 Å². The Morgan fingerprint density at radius 1 is 0.810 bits per heavy atom. The Hall–Kier alpha value is -5.25. The first-order chi connectivity index (χ1) is 20.4. The zero-order chi connectivity index (χ0) is 29.2. The van der Waals surface area contributed by atoms with Crippen molar-refractivity contribution < 1.29 is 19.1 Å². The summed E-state index contributed by atoms with van der Waals surface area (Å²) >= 11 is 0. The van der Waals surface area contributed by atoms with Crippen molar-refractivity contribution in [3.05, 3.63) is 106 Å². The number of methoxy groups -OCH3 is 2. The molecule has 10 heteroatoms. The molecule has 42 heavy (non-hydrogen) atoms. The average Bonchev–Trinajstić information content (AvgIpc) is 3.83. The molecule has 212 valence electrons. The lowest BCUT2D eigenvalue weighted by atomic mass is 10.0. The van der Waals surface area contributed by atoms with Crippen LogP contribution in [0.15, 0.2) is 110 Å². The number of esters is 2. The summed E-state index contributed by atoms with van der Waals surface area (Å²) in [7, 11) is 4.74. The van der Waals surface area contributed by atoms with Gasteiger partial charge in [0.1, 0.15) is 5.82 Å². The van der Waals surface area contributed by atoms with Gasteiger partial charge in [-0.2, -0.15) is 0 Å². The fourth-order valence-electron chi connectivity index (χ4n) is 5.27. The molecule has 0 aliphatic carbocycles. The van der Waals surface area contributed by atoms with Crippen LogP contribution in [-0.4, -0.2) is 60.2 Å². The van der Waals surface area contributed by atoms with Crippen LogP contribution in [-0.2, 0) is 19.1 Å². The number of aliphatic imine (C=N–C) groups is 3. The van der Waals surface area contributed by atoms with E-state index in [9.17, 15) is 9.59 Å². The zero-order valence-electron chi connectivity index (χ0n) is 23.6. The van der Waals surface area contributed by atoms with Gasteiger partial charge in [-0.15, -0.1) is 0 Å². The number of aromatic nitrogens is 1. The largest absolute Gasteiger partial charge is 0.469 e. The number of nitrogens with one attached hydrogen (secondary N) is 2. The second kappa shape index (κ2) is 11.3. The molecule has 10 nitrogen and oxygen atoms in total. The number of allylic oxidation sites excluding steroid dienone is 9. The molecule has 0 fully saturated rings. The highest BCUT2D eigenvalue weighted by molar-refractivity contribution is 6.34. The van der Waals surface area contributed by atoms with Gasteiger partial charge < -0.3 is 24.7 Å². The molecule has 1 aromatic rings. The lowest BCUT2D eigenvalue weighted by molar-refractivity contribution is -0.141. The van der Waals surface area contributed by atoms with Crippen molar-refractivity contribution in [1.82, 2.24) is 15.2 Å². The molecule has 0 saturated carbocycles. The molecular formula is C32H30N6O4. The van der Waals surface area contributed by atoms with Crippen LogP contribution in [0.25, 0.3) is 11.6 Å². The van der Waals surface area contributed by atoms with E-state index in [4.69, 9.17) is 24.5 Å². The highest BCUT2D eigenvalue weighted by atomic mass is 16.5. The molecule has 0 radical (unpaired) electrons. The molecule has 1 aromatic heterocycles. The second-order valence-electron chi connectivity index (χ2n) is 10.1. The van der Waals surface area contributed by atoms with Crippen LogP contribution in [0.2, 0.25) is 0 Å². The van der Waals surface area contributed by atoms with Crippen molar-refractivity contribution in [3.63, 3.8) is 0 Å². The number of nitrogens with zero attached hydrogens (tertiary/aromatic N) is 4. The topological polar surface area (TPSA) is 121 Å². The summed E-state index contributed by atoms with van der Waals surface area (Å²) in [5.41, 5.74) is 8.77. The highest BCUT2D eigenvalue weighted by Crippen LogP contribution is 2.33. The van der Waals surface area contributed by atoms with E-state index < -0.39 is 0 Å². The molecule has 8 bridgehead atoms. The van der Waals surface area contributed by atoms with Crippen LogP contribution < -0.4 is 5.32 Å². The number of ether oxygens (including phenoxy) is 2. The maximum Gasteiger partial charge on any atom is 0.305 e.